The van der Waals surface area contributed by atoms with Crippen molar-refractivity contribution in [2.45, 2.75) is 58.2 Å². The average molecular weight is 343 g/mol. The molecule has 2 unspecified atom stereocenters. The van der Waals surface area contributed by atoms with Crippen molar-refractivity contribution in [3.8, 4) is 0 Å². The van der Waals surface area contributed by atoms with Crippen molar-refractivity contribution >= 4 is 11.8 Å². The second kappa shape index (κ2) is 7.56. The van der Waals surface area contributed by atoms with Gasteiger partial charge < -0.3 is 15.5 Å². The highest BCUT2D eigenvalue weighted by atomic mass is 16.2. The van der Waals surface area contributed by atoms with E-state index in [9.17, 15) is 9.59 Å². The van der Waals surface area contributed by atoms with Crippen LogP contribution in [0.3, 0.4) is 0 Å². The van der Waals surface area contributed by atoms with E-state index >= 15 is 0 Å². The molecule has 2 amide bonds. The largest absolute Gasteiger partial charge is 0.341 e. The van der Waals surface area contributed by atoms with Crippen molar-refractivity contribution in [1.82, 2.24) is 9.80 Å². The minimum absolute atomic E-state index is 0.0874. The number of benzene rings is 1. The Morgan fingerprint density at radius 1 is 1.20 bits per heavy atom. The molecular weight excluding hydrogens is 314 g/mol. The normalized spacial score (nSPS) is 23.2. The molecule has 136 valence electrons. The van der Waals surface area contributed by atoms with Crippen LogP contribution in [0, 0.1) is 12.8 Å². The molecule has 2 N–H and O–H groups in total. The molecular formula is C20H29N3O2. The maximum atomic E-state index is 13.0. The van der Waals surface area contributed by atoms with Gasteiger partial charge in [-0.2, -0.15) is 0 Å². The lowest BCUT2D eigenvalue weighted by atomic mass is 9.90. The van der Waals surface area contributed by atoms with Crippen LogP contribution in [-0.4, -0.2) is 46.8 Å². The van der Waals surface area contributed by atoms with Crippen LogP contribution in [0.25, 0.3) is 0 Å². The first-order valence-electron chi connectivity index (χ1n) is 9.35. The summed E-state index contributed by atoms with van der Waals surface area (Å²) < 4.78 is 0. The number of aryl methyl sites for hydroxylation is 1. The summed E-state index contributed by atoms with van der Waals surface area (Å²) in [5.74, 6) is 0.698. The number of piperidine rings is 1. The minimum atomic E-state index is -0.305. The molecule has 3 rings (SSSR count). The molecule has 0 saturated carbocycles. The Balaban J connectivity index is 1.65. The first-order chi connectivity index (χ1) is 12.0. The molecule has 5 heteroatoms. The van der Waals surface area contributed by atoms with Crippen molar-refractivity contribution in [1.29, 1.82) is 0 Å². The van der Waals surface area contributed by atoms with Gasteiger partial charge in [-0.25, -0.2) is 0 Å². The Kier molecular flexibility index (Phi) is 5.42. The molecule has 5 nitrogen and oxygen atoms in total. The van der Waals surface area contributed by atoms with Gasteiger partial charge in [0.1, 0.15) is 6.04 Å². The molecule has 1 aromatic rings. The molecule has 2 fully saturated rings. The van der Waals surface area contributed by atoms with Crippen LogP contribution in [0.15, 0.2) is 24.3 Å². The summed E-state index contributed by atoms with van der Waals surface area (Å²) >= 11 is 0. The van der Waals surface area contributed by atoms with Crippen LogP contribution in [0.5, 0.6) is 0 Å². The van der Waals surface area contributed by atoms with E-state index in [0.29, 0.717) is 25.3 Å². The first-order valence-corrected chi connectivity index (χ1v) is 9.35. The topological polar surface area (TPSA) is 66.6 Å². The van der Waals surface area contributed by atoms with Crippen LogP contribution in [0.1, 0.15) is 43.7 Å². The van der Waals surface area contributed by atoms with Crippen LogP contribution in [0.4, 0.5) is 0 Å². The third-order valence-corrected chi connectivity index (χ3v) is 5.68. The molecule has 0 radical (unpaired) electrons. The van der Waals surface area contributed by atoms with Crippen molar-refractivity contribution < 1.29 is 9.59 Å². The second-order valence-electron chi connectivity index (χ2n) is 7.58. The fourth-order valence-electron chi connectivity index (χ4n) is 3.94. The Hall–Kier alpha value is -1.88. The van der Waals surface area contributed by atoms with Gasteiger partial charge in [-0.05, 0) is 44.6 Å². The van der Waals surface area contributed by atoms with E-state index in [1.54, 1.807) is 4.90 Å². The van der Waals surface area contributed by atoms with E-state index < -0.39 is 0 Å². The standard InChI is InChI=1S/C20H29N3O2/c1-14-3-5-16(6-4-14)13-23-18(7-8-19(23)24)20(25)22-11-9-17(10-12-22)15(2)21/h3-6,15,17-18H,7-13,21H2,1-2H3. The molecule has 2 aliphatic rings. The third-order valence-electron chi connectivity index (χ3n) is 5.68. The fraction of sp³-hybridized carbons (Fsp3) is 0.600. The predicted molar refractivity (Wildman–Crippen MR) is 97.7 cm³/mol. The highest BCUT2D eigenvalue weighted by Gasteiger charge is 2.39. The number of carbonyl (C=O) groups excluding carboxylic acids is 2. The molecule has 2 saturated heterocycles. The summed E-state index contributed by atoms with van der Waals surface area (Å²) in [5, 5.41) is 0. The predicted octanol–water partition coefficient (Wildman–Crippen LogP) is 2.07. The SMILES string of the molecule is Cc1ccc(CN2C(=O)CCC2C(=O)N2CCC(C(C)N)CC2)cc1. The smallest absolute Gasteiger partial charge is 0.245 e. The average Bonchev–Trinajstić information content (AvgIpc) is 2.97. The number of carbonyl (C=O) groups is 2. The highest BCUT2D eigenvalue weighted by molar-refractivity contribution is 5.91. The monoisotopic (exact) mass is 343 g/mol. The lowest BCUT2D eigenvalue weighted by Crippen LogP contribution is -2.50. The lowest BCUT2D eigenvalue weighted by molar-refractivity contribution is -0.142. The van der Waals surface area contributed by atoms with Gasteiger partial charge in [0, 0.05) is 32.1 Å². The maximum absolute atomic E-state index is 13.0. The van der Waals surface area contributed by atoms with Crippen molar-refractivity contribution in [3.63, 3.8) is 0 Å². The number of nitrogens with zero attached hydrogens (tertiary/aromatic N) is 2. The van der Waals surface area contributed by atoms with E-state index in [-0.39, 0.29) is 23.9 Å². The molecule has 2 aliphatic heterocycles. The zero-order valence-corrected chi connectivity index (χ0v) is 15.3. The van der Waals surface area contributed by atoms with E-state index in [0.717, 1.165) is 31.5 Å². The quantitative estimate of drug-likeness (QED) is 0.910. The van der Waals surface area contributed by atoms with Gasteiger partial charge in [-0.3, -0.25) is 9.59 Å². The van der Waals surface area contributed by atoms with E-state index in [1.165, 1.54) is 5.56 Å². The highest BCUT2D eigenvalue weighted by Crippen LogP contribution is 2.26. The van der Waals surface area contributed by atoms with Gasteiger partial charge in [0.15, 0.2) is 0 Å². The first kappa shape index (κ1) is 17.9. The van der Waals surface area contributed by atoms with Crippen molar-refractivity contribution in [2.24, 2.45) is 11.7 Å². The zero-order chi connectivity index (χ0) is 18.0. The maximum Gasteiger partial charge on any atom is 0.245 e. The Morgan fingerprint density at radius 2 is 1.84 bits per heavy atom. The zero-order valence-electron chi connectivity index (χ0n) is 15.3. The van der Waals surface area contributed by atoms with Crippen LogP contribution in [0.2, 0.25) is 0 Å². The van der Waals surface area contributed by atoms with Gasteiger partial charge in [0.2, 0.25) is 11.8 Å². The van der Waals surface area contributed by atoms with Crippen LogP contribution < -0.4 is 5.73 Å². The van der Waals surface area contributed by atoms with Crippen molar-refractivity contribution in [2.75, 3.05) is 13.1 Å². The Bertz CT molecular complexity index is 618. The van der Waals surface area contributed by atoms with Gasteiger partial charge >= 0.3 is 0 Å². The van der Waals surface area contributed by atoms with Gasteiger partial charge in [0.05, 0.1) is 0 Å². The molecule has 2 atom stereocenters. The number of hydrogen-bond donors (Lipinski definition) is 1. The second-order valence-corrected chi connectivity index (χ2v) is 7.58. The fourth-order valence-corrected chi connectivity index (χ4v) is 3.94. The minimum Gasteiger partial charge on any atom is -0.341 e. The summed E-state index contributed by atoms with van der Waals surface area (Å²) in [6.07, 6.45) is 3.03. The third kappa shape index (κ3) is 4.03. The van der Waals surface area contributed by atoms with Crippen LogP contribution >= 0.6 is 0 Å². The van der Waals surface area contributed by atoms with E-state index in [4.69, 9.17) is 5.73 Å². The summed E-state index contributed by atoms with van der Waals surface area (Å²) in [5.41, 5.74) is 8.26. The Morgan fingerprint density at radius 3 is 2.44 bits per heavy atom. The number of nitrogens with two attached hydrogens (primary N) is 1. The van der Waals surface area contributed by atoms with Crippen molar-refractivity contribution in [3.05, 3.63) is 35.4 Å². The lowest BCUT2D eigenvalue weighted by Gasteiger charge is -2.36. The summed E-state index contributed by atoms with van der Waals surface area (Å²) in [7, 11) is 0. The molecule has 0 bridgehead atoms. The van der Waals surface area contributed by atoms with Crippen LogP contribution in [-0.2, 0) is 16.1 Å². The number of rotatable bonds is 4. The van der Waals surface area contributed by atoms with Gasteiger partial charge in [-0.1, -0.05) is 29.8 Å². The molecule has 1 aromatic carbocycles. The summed E-state index contributed by atoms with van der Waals surface area (Å²) in [4.78, 5) is 29.0. The van der Waals surface area contributed by atoms with Gasteiger partial charge in [0.25, 0.3) is 0 Å². The molecule has 0 aliphatic carbocycles. The molecule has 25 heavy (non-hydrogen) atoms. The summed E-state index contributed by atoms with van der Waals surface area (Å²) in [6, 6.07) is 8.05. The number of hydrogen-bond acceptors (Lipinski definition) is 3. The molecule has 0 spiro atoms. The van der Waals surface area contributed by atoms with Gasteiger partial charge in [-0.15, -0.1) is 0 Å². The summed E-state index contributed by atoms with van der Waals surface area (Å²) in [6.45, 7) is 6.12. The molecule has 0 aromatic heterocycles. The molecule has 2 heterocycles. The Labute approximate surface area is 150 Å². The number of amides is 2. The van der Waals surface area contributed by atoms with E-state index in [1.807, 2.05) is 43.0 Å². The number of likely N-dealkylation sites (tertiary alicyclic amines) is 2. The van der Waals surface area contributed by atoms with E-state index in [2.05, 4.69) is 0 Å².